The SMILES string of the molecule is O=C(CCc1ccc(F)cc1)COC(=O)Cc1ccc(Cl)cc1. The molecule has 0 atom stereocenters. The van der Waals surface area contributed by atoms with Gasteiger partial charge in [-0.1, -0.05) is 35.9 Å². The van der Waals surface area contributed by atoms with Gasteiger partial charge in [0.15, 0.2) is 5.78 Å². The third kappa shape index (κ3) is 6.20. The van der Waals surface area contributed by atoms with Gasteiger partial charge in [0.2, 0.25) is 0 Å². The molecule has 2 aromatic carbocycles. The summed E-state index contributed by atoms with van der Waals surface area (Å²) in [6.45, 7) is -0.242. The van der Waals surface area contributed by atoms with Crippen LogP contribution in [0.25, 0.3) is 0 Å². The molecule has 2 rings (SSSR count). The number of ether oxygens (including phenoxy) is 1. The number of aryl methyl sites for hydroxylation is 1. The summed E-state index contributed by atoms with van der Waals surface area (Å²) in [6.07, 6.45) is 0.843. The molecule has 0 spiro atoms. The van der Waals surface area contributed by atoms with Crippen molar-refractivity contribution in [3.63, 3.8) is 0 Å². The van der Waals surface area contributed by atoms with Crippen LogP contribution < -0.4 is 0 Å². The van der Waals surface area contributed by atoms with E-state index in [2.05, 4.69) is 0 Å². The molecular weight excluding hydrogens is 319 g/mol. The first-order valence-corrected chi connectivity index (χ1v) is 7.57. The number of carbonyl (C=O) groups is 2. The summed E-state index contributed by atoms with van der Waals surface area (Å²) in [6, 6.07) is 12.8. The summed E-state index contributed by atoms with van der Waals surface area (Å²) in [7, 11) is 0. The molecular formula is C18H16ClFO3. The van der Waals surface area contributed by atoms with Crippen LogP contribution >= 0.6 is 11.6 Å². The Labute approximate surface area is 139 Å². The number of rotatable bonds is 7. The van der Waals surface area contributed by atoms with Gasteiger partial charge in [-0.2, -0.15) is 0 Å². The molecule has 23 heavy (non-hydrogen) atoms. The fourth-order valence-corrected chi connectivity index (χ4v) is 2.11. The minimum absolute atomic E-state index is 0.0996. The highest BCUT2D eigenvalue weighted by molar-refractivity contribution is 6.30. The van der Waals surface area contributed by atoms with Crippen molar-refractivity contribution in [2.24, 2.45) is 0 Å². The second kappa shape index (κ2) is 8.44. The summed E-state index contributed by atoms with van der Waals surface area (Å²) < 4.78 is 17.7. The molecule has 0 aromatic heterocycles. The summed E-state index contributed by atoms with van der Waals surface area (Å²) in [5.41, 5.74) is 1.64. The lowest BCUT2D eigenvalue weighted by Gasteiger charge is -2.05. The Morgan fingerprint density at radius 3 is 2.22 bits per heavy atom. The van der Waals surface area contributed by atoms with Crippen molar-refractivity contribution < 1.29 is 18.7 Å². The van der Waals surface area contributed by atoms with E-state index in [0.717, 1.165) is 11.1 Å². The monoisotopic (exact) mass is 334 g/mol. The number of hydrogen-bond donors (Lipinski definition) is 0. The van der Waals surface area contributed by atoms with E-state index in [-0.39, 0.29) is 31.0 Å². The molecule has 2 aromatic rings. The predicted molar refractivity (Wildman–Crippen MR) is 85.8 cm³/mol. The number of benzene rings is 2. The Hall–Kier alpha value is -2.20. The first-order chi connectivity index (χ1) is 11.0. The third-order valence-corrected chi connectivity index (χ3v) is 3.51. The fourth-order valence-electron chi connectivity index (χ4n) is 1.99. The highest BCUT2D eigenvalue weighted by Gasteiger charge is 2.09. The van der Waals surface area contributed by atoms with Crippen molar-refractivity contribution in [3.05, 3.63) is 70.5 Å². The summed E-state index contributed by atoms with van der Waals surface area (Å²) in [5.74, 6) is -0.933. The van der Waals surface area contributed by atoms with Crippen LogP contribution in [-0.4, -0.2) is 18.4 Å². The first kappa shape index (κ1) is 17.2. The maximum atomic E-state index is 12.8. The molecule has 0 radical (unpaired) electrons. The molecule has 5 heteroatoms. The smallest absolute Gasteiger partial charge is 0.310 e. The molecule has 0 fully saturated rings. The number of carbonyl (C=O) groups excluding carboxylic acids is 2. The van der Waals surface area contributed by atoms with Crippen LogP contribution in [0.15, 0.2) is 48.5 Å². The van der Waals surface area contributed by atoms with Crippen molar-refractivity contribution in [1.29, 1.82) is 0 Å². The van der Waals surface area contributed by atoms with Crippen LogP contribution in [0.2, 0.25) is 5.02 Å². The van der Waals surface area contributed by atoms with Gasteiger partial charge in [0.25, 0.3) is 0 Å². The van der Waals surface area contributed by atoms with Crippen molar-refractivity contribution in [2.45, 2.75) is 19.3 Å². The Morgan fingerprint density at radius 1 is 0.957 bits per heavy atom. The second-order valence-corrected chi connectivity index (χ2v) is 5.57. The Balaban J connectivity index is 1.70. The zero-order valence-corrected chi connectivity index (χ0v) is 13.2. The summed E-state index contributed by atoms with van der Waals surface area (Å²) >= 11 is 5.76. The zero-order chi connectivity index (χ0) is 16.7. The first-order valence-electron chi connectivity index (χ1n) is 7.19. The van der Waals surface area contributed by atoms with E-state index >= 15 is 0 Å². The Bertz CT molecular complexity index is 666. The van der Waals surface area contributed by atoms with Gasteiger partial charge in [0, 0.05) is 11.4 Å². The lowest BCUT2D eigenvalue weighted by Crippen LogP contribution is -2.16. The molecule has 0 aliphatic rings. The lowest BCUT2D eigenvalue weighted by atomic mass is 10.1. The maximum Gasteiger partial charge on any atom is 0.310 e. The number of ketones is 1. The molecule has 0 bridgehead atoms. The highest BCUT2D eigenvalue weighted by Crippen LogP contribution is 2.10. The normalized spacial score (nSPS) is 10.3. The number of hydrogen-bond acceptors (Lipinski definition) is 3. The Kier molecular flexibility index (Phi) is 6.29. The largest absolute Gasteiger partial charge is 0.457 e. The topological polar surface area (TPSA) is 43.4 Å². The van der Waals surface area contributed by atoms with E-state index in [1.165, 1.54) is 12.1 Å². The van der Waals surface area contributed by atoms with E-state index in [4.69, 9.17) is 16.3 Å². The molecule has 0 amide bonds. The third-order valence-electron chi connectivity index (χ3n) is 3.26. The van der Waals surface area contributed by atoms with Crippen molar-refractivity contribution in [3.8, 4) is 0 Å². The van der Waals surface area contributed by atoms with Gasteiger partial charge < -0.3 is 4.74 Å². The van der Waals surface area contributed by atoms with Crippen molar-refractivity contribution >= 4 is 23.4 Å². The molecule has 3 nitrogen and oxygen atoms in total. The van der Waals surface area contributed by atoms with E-state index in [1.54, 1.807) is 36.4 Å². The molecule has 0 aliphatic heterocycles. The van der Waals surface area contributed by atoms with Crippen LogP contribution in [0.5, 0.6) is 0 Å². The minimum Gasteiger partial charge on any atom is -0.457 e. The molecule has 0 aliphatic carbocycles. The predicted octanol–water partition coefficient (Wildman–Crippen LogP) is 3.77. The molecule has 0 saturated carbocycles. The molecule has 0 heterocycles. The van der Waals surface area contributed by atoms with Gasteiger partial charge >= 0.3 is 5.97 Å². The maximum absolute atomic E-state index is 12.8. The standard InChI is InChI=1S/C18H16ClFO3/c19-15-6-1-14(2-7-15)11-18(22)23-12-17(21)10-5-13-3-8-16(20)9-4-13/h1-4,6-9H,5,10-12H2. The highest BCUT2D eigenvalue weighted by atomic mass is 35.5. The quantitative estimate of drug-likeness (QED) is 0.724. The minimum atomic E-state index is -0.456. The second-order valence-electron chi connectivity index (χ2n) is 5.13. The van der Waals surface area contributed by atoms with Crippen molar-refractivity contribution in [1.82, 2.24) is 0 Å². The number of Topliss-reactive ketones (excluding diaryl/α,β-unsaturated/α-hetero) is 1. The van der Waals surface area contributed by atoms with Crippen molar-refractivity contribution in [2.75, 3.05) is 6.61 Å². The zero-order valence-electron chi connectivity index (χ0n) is 12.4. The van der Waals surface area contributed by atoms with Gasteiger partial charge in [0.1, 0.15) is 12.4 Å². The van der Waals surface area contributed by atoms with Crippen LogP contribution in [0, 0.1) is 5.82 Å². The van der Waals surface area contributed by atoms with Crippen LogP contribution in [0.3, 0.4) is 0 Å². The van der Waals surface area contributed by atoms with Gasteiger partial charge in [-0.05, 0) is 41.8 Å². The molecule has 0 N–H and O–H groups in total. The molecule has 0 saturated heterocycles. The lowest BCUT2D eigenvalue weighted by molar-refractivity contribution is -0.147. The molecule has 0 unspecified atom stereocenters. The van der Waals surface area contributed by atoms with Gasteiger partial charge in [0.05, 0.1) is 6.42 Å². The number of esters is 1. The summed E-state index contributed by atoms with van der Waals surface area (Å²) in [4.78, 5) is 23.4. The Morgan fingerprint density at radius 2 is 1.57 bits per heavy atom. The fraction of sp³-hybridized carbons (Fsp3) is 0.222. The van der Waals surface area contributed by atoms with Crippen LogP contribution in [0.1, 0.15) is 17.5 Å². The average molecular weight is 335 g/mol. The molecule has 120 valence electrons. The van der Waals surface area contributed by atoms with Gasteiger partial charge in [-0.25, -0.2) is 4.39 Å². The van der Waals surface area contributed by atoms with E-state index in [1.807, 2.05) is 0 Å². The van der Waals surface area contributed by atoms with Gasteiger partial charge in [-0.3, -0.25) is 9.59 Å². The van der Waals surface area contributed by atoms with E-state index in [0.29, 0.717) is 11.4 Å². The summed E-state index contributed by atoms with van der Waals surface area (Å²) in [5, 5.41) is 0.595. The van der Waals surface area contributed by atoms with Gasteiger partial charge in [-0.15, -0.1) is 0 Å². The van der Waals surface area contributed by atoms with Crippen LogP contribution in [-0.2, 0) is 27.2 Å². The van der Waals surface area contributed by atoms with Crippen LogP contribution in [0.4, 0.5) is 4.39 Å². The van der Waals surface area contributed by atoms with E-state index < -0.39 is 5.97 Å². The van der Waals surface area contributed by atoms with E-state index in [9.17, 15) is 14.0 Å². The average Bonchev–Trinajstić information content (AvgIpc) is 2.54. The number of halogens is 2.